The number of unbranched alkanes of at least 4 members (excludes halogenated alkanes) is 6. The first kappa shape index (κ1) is 20.9. The van der Waals surface area contributed by atoms with E-state index in [4.69, 9.17) is 9.84 Å². The smallest absolute Gasteiger partial charge is 0.306 e. The third-order valence-corrected chi connectivity index (χ3v) is 3.83. The Balaban J connectivity index is 3.89. The highest BCUT2D eigenvalue weighted by molar-refractivity contribution is 5.69. The zero-order valence-electron chi connectivity index (χ0n) is 14.4. The van der Waals surface area contributed by atoms with Gasteiger partial charge in [-0.3, -0.25) is 9.59 Å². The van der Waals surface area contributed by atoms with Crippen LogP contribution in [0, 0.1) is 0 Å². The van der Waals surface area contributed by atoms with Crippen LogP contribution in [0.2, 0.25) is 0 Å². The van der Waals surface area contributed by atoms with Gasteiger partial charge >= 0.3 is 11.9 Å². The molecule has 130 valence electrons. The van der Waals surface area contributed by atoms with Gasteiger partial charge in [0, 0.05) is 12.8 Å². The van der Waals surface area contributed by atoms with Crippen molar-refractivity contribution in [3.05, 3.63) is 0 Å². The molecule has 22 heavy (non-hydrogen) atoms. The van der Waals surface area contributed by atoms with Gasteiger partial charge in [-0.05, 0) is 32.1 Å². The summed E-state index contributed by atoms with van der Waals surface area (Å²) in [5.74, 6) is -0.802. The van der Waals surface area contributed by atoms with Gasteiger partial charge in [0.25, 0.3) is 0 Å². The molecule has 4 heteroatoms. The van der Waals surface area contributed by atoms with E-state index in [0.29, 0.717) is 12.8 Å². The number of ether oxygens (including phenoxy) is 1. The van der Waals surface area contributed by atoms with Crippen molar-refractivity contribution in [3.63, 3.8) is 0 Å². The van der Waals surface area contributed by atoms with E-state index in [-0.39, 0.29) is 18.5 Å². The molecule has 1 N–H and O–H groups in total. The molecule has 0 radical (unpaired) electrons. The zero-order chi connectivity index (χ0) is 16.6. The van der Waals surface area contributed by atoms with Crippen LogP contribution in [-0.4, -0.2) is 23.1 Å². The first-order chi connectivity index (χ1) is 10.6. The second kappa shape index (κ2) is 14.9. The van der Waals surface area contributed by atoms with E-state index >= 15 is 0 Å². The standard InChI is InChI=1S/C18H34O4/c1-3-5-7-11-15-18(21)22-16(12-6-4-2)13-9-8-10-14-17(19)20/h16H,3-15H2,1-2H3,(H,19,20). The molecule has 0 spiro atoms. The fourth-order valence-corrected chi connectivity index (χ4v) is 2.46. The van der Waals surface area contributed by atoms with Crippen LogP contribution in [0.3, 0.4) is 0 Å². The van der Waals surface area contributed by atoms with Gasteiger partial charge in [0.15, 0.2) is 0 Å². The van der Waals surface area contributed by atoms with E-state index in [1.807, 2.05) is 0 Å². The first-order valence-electron chi connectivity index (χ1n) is 9.01. The van der Waals surface area contributed by atoms with Crippen LogP contribution >= 0.6 is 0 Å². The van der Waals surface area contributed by atoms with Crippen LogP contribution in [0.4, 0.5) is 0 Å². The number of carboxylic acid groups (broad SMARTS) is 1. The summed E-state index contributed by atoms with van der Waals surface area (Å²) in [6, 6.07) is 0. The van der Waals surface area contributed by atoms with Gasteiger partial charge in [0.05, 0.1) is 0 Å². The Kier molecular flexibility index (Phi) is 14.1. The molecule has 0 fully saturated rings. The van der Waals surface area contributed by atoms with E-state index in [9.17, 15) is 9.59 Å². The molecule has 0 amide bonds. The van der Waals surface area contributed by atoms with Crippen molar-refractivity contribution in [1.29, 1.82) is 0 Å². The second-order valence-electron chi connectivity index (χ2n) is 6.06. The predicted molar refractivity (Wildman–Crippen MR) is 88.9 cm³/mol. The van der Waals surface area contributed by atoms with E-state index in [2.05, 4.69) is 13.8 Å². The summed E-state index contributed by atoms with van der Waals surface area (Å²) in [6.07, 6.45) is 11.6. The Morgan fingerprint density at radius 2 is 1.41 bits per heavy atom. The van der Waals surface area contributed by atoms with Crippen LogP contribution in [0.1, 0.15) is 97.3 Å². The highest BCUT2D eigenvalue weighted by Gasteiger charge is 2.13. The topological polar surface area (TPSA) is 63.6 Å². The van der Waals surface area contributed by atoms with Crippen molar-refractivity contribution in [2.75, 3.05) is 0 Å². The minimum Gasteiger partial charge on any atom is -0.481 e. The zero-order valence-corrected chi connectivity index (χ0v) is 14.4. The lowest BCUT2D eigenvalue weighted by atomic mass is 10.0. The molecule has 4 nitrogen and oxygen atoms in total. The highest BCUT2D eigenvalue weighted by Crippen LogP contribution is 2.16. The molecule has 0 heterocycles. The lowest BCUT2D eigenvalue weighted by Crippen LogP contribution is -2.18. The van der Waals surface area contributed by atoms with Crippen LogP contribution < -0.4 is 0 Å². The highest BCUT2D eigenvalue weighted by atomic mass is 16.5. The van der Waals surface area contributed by atoms with Gasteiger partial charge in [0.2, 0.25) is 0 Å². The van der Waals surface area contributed by atoms with Crippen molar-refractivity contribution < 1.29 is 19.4 Å². The van der Waals surface area contributed by atoms with Gasteiger partial charge in [-0.2, -0.15) is 0 Å². The summed E-state index contributed by atoms with van der Waals surface area (Å²) in [5, 5.41) is 8.61. The van der Waals surface area contributed by atoms with Gasteiger partial charge in [-0.15, -0.1) is 0 Å². The number of hydrogen-bond acceptors (Lipinski definition) is 3. The summed E-state index contributed by atoms with van der Waals surface area (Å²) in [7, 11) is 0. The molecule has 0 aromatic carbocycles. The number of rotatable bonds is 15. The summed E-state index contributed by atoms with van der Waals surface area (Å²) in [6.45, 7) is 4.29. The maximum Gasteiger partial charge on any atom is 0.306 e. The van der Waals surface area contributed by atoms with Crippen LogP contribution in [0.5, 0.6) is 0 Å². The molecule has 0 aromatic heterocycles. The third-order valence-electron chi connectivity index (χ3n) is 3.83. The van der Waals surface area contributed by atoms with E-state index in [1.165, 1.54) is 12.8 Å². The predicted octanol–water partition coefficient (Wildman–Crippen LogP) is 5.09. The number of carbonyl (C=O) groups is 2. The van der Waals surface area contributed by atoms with Crippen LogP contribution in [0.15, 0.2) is 0 Å². The Bertz CT molecular complexity index is 289. The lowest BCUT2D eigenvalue weighted by molar-refractivity contribution is -0.150. The molecular formula is C18H34O4. The van der Waals surface area contributed by atoms with Crippen molar-refractivity contribution in [1.82, 2.24) is 0 Å². The van der Waals surface area contributed by atoms with Crippen LogP contribution in [-0.2, 0) is 14.3 Å². The number of carbonyl (C=O) groups excluding carboxylic acids is 1. The minimum absolute atomic E-state index is 0.0171. The summed E-state index contributed by atoms with van der Waals surface area (Å²) >= 11 is 0. The van der Waals surface area contributed by atoms with Crippen molar-refractivity contribution in [2.45, 2.75) is 103 Å². The number of esters is 1. The average Bonchev–Trinajstić information content (AvgIpc) is 2.48. The quantitative estimate of drug-likeness (QED) is 0.337. The fraction of sp³-hybridized carbons (Fsp3) is 0.889. The fourth-order valence-electron chi connectivity index (χ4n) is 2.46. The number of hydrogen-bond donors (Lipinski definition) is 1. The van der Waals surface area contributed by atoms with Crippen LogP contribution in [0.25, 0.3) is 0 Å². The SMILES string of the molecule is CCCCCCC(=O)OC(CCCC)CCCCCC(=O)O. The molecular weight excluding hydrogens is 280 g/mol. The van der Waals surface area contributed by atoms with E-state index in [0.717, 1.165) is 51.4 Å². The van der Waals surface area contributed by atoms with Gasteiger partial charge in [-0.25, -0.2) is 0 Å². The van der Waals surface area contributed by atoms with Gasteiger partial charge in [-0.1, -0.05) is 52.4 Å². The molecule has 0 saturated heterocycles. The van der Waals surface area contributed by atoms with Gasteiger partial charge < -0.3 is 9.84 Å². The molecule has 0 aliphatic carbocycles. The van der Waals surface area contributed by atoms with Crippen molar-refractivity contribution in [3.8, 4) is 0 Å². The van der Waals surface area contributed by atoms with Crippen molar-refractivity contribution in [2.24, 2.45) is 0 Å². The van der Waals surface area contributed by atoms with Gasteiger partial charge in [0.1, 0.15) is 6.10 Å². The third kappa shape index (κ3) is 13.9. The molecule has 0 aliphatic heterocycles. The molecule has 0 rings (SSSR count). The number of aliphatic carboxylic acids is 1. The number of carboxylic acids is 1. The molecule has 0 aliphatic rings. The Hall–Kier alpha value is -1.06. The van der Waals surface area contributed by atoms with Crippen molar-refractivity contribution >= 4 is 11.9 Å². The maximum absolute atomic E-state index is 11.9. The molecule has 0 aromatic rings. The second-order valence-corrected chi connectivity index (χ2v) is 6.06. The molecule has 0 saturated carbocycles. The average molecular weight is 314 g/mol. The minimum atomic E-state index is -0.735. The van der Waals surface area contributed by atoms with E-state index < -0.39 is 5.97 Å². The normalized spacial score (nSPS) is 12.1. The molecule has 0 bridgehead atoms. The lowest BCUT2D eigenvalue weighted by Gasteiger charge is -2.17. The first-order valence-corrected chi connectivity index (χ1v) is 9.01. The Labute approximate surface area is 135 Å². The van der Waals surface area contributed by atoms with E-state index in [1.54, 1.807) is 0 Å². The molecule has 1 unspecified atom stereocenters. The Morgan fingerprint density at radius 1 is 0.818 bits per heavy atom. The Morgan fingerprint density at radius 3 is 2.05 bits per heavy atom. The largest absolute Gasteiger partial charge is 0.481 e. The molecule has 1 atom stereocenters. The maximum atomic E-state index is 11.9. The summed E-state index contributed by atoms with van der Waals surface area (Å²) in [4.78, 5) is 22.3. The monoisotopic (exact) mass is 314 g/mol. The summed E-state index contributed by atoms with van der Waals surface area (Å²) in [5.41, 5.74) is 0. The summed E-state index contributed by atoms with van der Waals surface area (Å²) < 4.78 is 5.61.